The van der Waals surface area contributed by atoms with Crippen LogP contribution in [0.25, 0.3) is 0 Å². The first-order valence-corrected chi connectivity index (χ1v) is 4.72. The highest BCUT2D eigenvalue weighted by atomic mass is 16.6. The molecule has 14 heavy (non-hydrogen) atoms. The molecule has 0 N–H and O–H groups in total. The zero-order valence-corrected chi connectivity index (χ0v) is 7.80. The molecule has 2 rings (SSSR count). The van der Waals surface area contributed by atoms with Gasteiger partial charge in [0.1, 0.15) is 12.4 Å². The summed E-state index contributed by atoms with van der Waals surface area (Å²) in [5.74, 6) is 0. The first kappa shape index (κ1) is 8.99. The summed E-state index contributed by atoms with van der Waals surface area (Å²) in [5.41, 5.74) is 0. The minimum Gasteiger partial charge on any atom is -0.441 e. The highest BCUT2D eigenvalue weighted by Gasteiger charge is 2.14. The van der Waals surface area contributed by atoms with E-state index in [2.05, 4.69) is 11.1 Å². The Labute approximate surface area is 82.2 Å². The van der Waals surface area contributed by atoms with Crippen LogP contribution in [0.1, 0.15) is 19.3 Å². The van der Waals surface area contributed by atoms with Gasteiger partial charge >= 0.3 is 6.09 Å². The van der Waals surface area contributed by atoms with E-state index in [-0.39, 0.29) is 12.2 Å². The fourth-order valence-electron chi connectivity index (χ4n) is 1.44. The fraction of sp³-hybridized carbons (Fsp3) is 0.400. The number of ether oxygens (including phenoxy) is 1. The molecule has 1 aliphatic carbocycles. The van der Waals surface area contributed by atoms with Gasteiger partial charge < -0.3 is 4.74 Å². The number of carbonyl (C=O) groups excluding carboxylic acids is 1. The minimum atomic E-state index is -0.362. The Balaban J connectivity index is 1.94. The second kappa shape index (κ2) is 4.09. The zero-order valence-electron chi connectivity index (χ0n) is 7.80. The van der Waals surface area contributed by atoms with Crippen LogP contribution in [-0.2, 0) is 4.74 Å². The molecule has 1 aromatic rings. The van der Waals surface area contributed by atoms with E-state index in [4.69, 9.17) is 4.74 Å². The molecule has 0 fully saturated rings. The number of hydrogen-bond acceptors (Lipinski definition) is 3. The van der Waals surface area contributed by atoms with Gasteiger partial charge in [-0.25, -0.2) is 14.3 Å². The predicted molar refractivity (Wildman–Crippen MR) is 50.9 cm³/mol. The molecular formula is C10H12N2O2. The van der Waals surface area contributed by atoms with Crippen molar-refractivity contribution >= 4 is 6.09 Å². The molecule has 1 aliphatic rings. The zero-order chi connectivity index (χ0) is 9.80. The highest BCUT2D eigenvalue weighted by Crippen LogP contribution is 2.14. The van der Waals surface area contributed by atoms with Gasteiger partial charge in [-0.3, -0.25) is 0 Å². The molecule has 1 atom stereocenters. The molecule has 0 bridgehead atoms. The van der Waals surface area contributed by atoms with Crippen molar-refractivity contribution < 1.29 is 9.53 Å². The van der Waals surface area contributed by atoms with Crippen LogP contribution in [0.15, 0.2) is 30.9 Å². The van der Waals surface area contributed by atoms with Gasteiger partial charge in [-0.15, -0.1) is 0 Å². The molecule has 4 nitrogen and oxygen atoms in total. The monoisotopic (exact) mass is 192 g/mol. The van der Waals surface area contributed by atoms with Crippen molar-refractivity contribution in [1.29, 1.82) is 0 Å². The van der Waals surface area contributed by atoms with Crippen LogP contribution in [0.2, 0.25) is 0 Å². The van der Waals surface area contributed by atoms with Gasteiger partial charge in [0.2, 0.25) is 0 Å². The molecule has 0 aromatic carbocycles. The topological polar surface area (TPSA) is 44.1 Å². The molecule has 1 unspecified atom stereocenters. The molecule has 0 aliphatic heterocycles. The summed E-state index contributed by atoms with van der Waals surface area (Å²) in [6, 6.07) is 0. The third-order valence-electron chi connectivity index (χ3n) is 2.18. The summed E-state index contributed by atoms with van der Waals surface area (Å²) >= 11 is 0. The lowest BCUT2D eigenvalue weighted by Gasteiger charge is -2.16. The molecule has 74 valence electrons. The Bertz CT molecular complexity index is 330. The second-order valence-corrected chi connectivity index (χ2v) is 3.25. The van der Waals surface area contributed by atoms with Crippen molar-refractivity contribution in [2.45, 2.75) is 25.4 Å². The minimum absolute atomic E-state index is 0.0707. The van der Waals surface area contributed by atoms with Crippen molar-refractivity contribution in [3.63, 3.8) is 0 Å². The Hall–Kier alpha value is -1.58. The predicted octanol–water partition coefficient (Wildman–Crippen LogP) is 1.98. The molecule has 1 aromatic heterocycles. The molecule has 0 saturated heterocycles. The van der Waals surface area contributed by atoms with Crippen molar-refractivity contribution in [1.82, 2.24) is 9.55 Å². The van der Waals surface area contributed by atoms with E-state index < -0.39 is 0 Å². The van der Waals surface area contributed by atoms with Gasteiger partial charge in [-0.2, -0.15) is 0 Å². The van der Waals surface area contributed by atoms with Crippen LogP contribution in [0.4, 0.5) is 4.79 Å². The smallest absolute Gasteiger partial charge is 0.419 e. The van der Waals surface area contributed by atoms with E-state index in [0.29, 0.717) is 0 Å². The molecular weight excluding hydrogens is 180 g/mol. The Morgan fingerprint density at radius 2 is 2.50 bits per heavy atom. The van der Waals surface area contributed by atoms with Crippen LogP contribution < -0.4 is 0 Å². The van der Waals surface area contributed by atoms with Gasteiger partial charge in [0.15, 0.2) is 0 Å². The van der Waals surface area contributed by atoms with E-state index in [9.17, 15) is 4.79 Å². The fourth-order valence-corrected chi connectivity index (χ4v) is 1.44. The summed E-state index contributed by atoms with van der Waals surface area (Å²) in [4.78, 5) is 15.2. The lowest BCUT2D eigenvalue weighted by Crippen LogP contribution is -2.21. The average Bonchev–Trinajstić information content (AvgIpc) is 2.72. The number of aromatic nitrogens is 2. The van der Waals surface area contributed by atoms with E-state index in [1.807, 2.05) is 6.08 Å². The second-order valence-electron chi connectivity index (χ2n) is 3.25. The van der Waals surface area contributed by atoms with E-state index in [1.165, 1.54) is 10.9 Å². The van der Waals surface area contributed by atoms with Crippen LogP contribution in [-0.4, -0.2) is 21.7 Å². The van der Waals surface area contributed by atoms with E-state index in [1.54, 1.807) is 12.4 Å². The maximum absolute atomic E-state index is 11.4. The average molecular weight is 192 g/mol. The van der Waals surface area contributed by atoms with Crippen molar-refractivity contribution in [3.8, 4) is 0 Å². The molecule has 1 heterocycles. The van der Waals surface area contributed by atoms with Gasteiger partial charge in [-0.1, -0.05) is 6.08 Å². The first-order valence-electron chi connectivity index (χ1n) is 4.72. The number of rotatable bonds is 1. The van der Waals surface area contributed by atoms with Gasteiger partial charge in [-0.05, 0) is 25.3 Å². The SMILES string of the molecule is O=C(OC1C=CCCC1)n1ccnc1. The quantitative estimate of drug-likeness (QED) is 0.639. The van der Waals surface area contributed by atoms with Crippen molar-refractivity contribution in [2.75, 3.05) is 0 Å². The maximum atomic E-state index is 11.4. The number of nitrogens with zero attached hydrogens (tertiary/aromatic N) is 2. The lowest BCUT2D eigenvalue weighted by atomic mass is 10.1. The largest absolute Gasteiger partial charge is 0.441 e. The molecule has 0 saturated carbocycles. The van der Waals surface area contributed by atoms with Gasteiger partial charge in [0.25, 0.3) is 0 Å². The number of carbonyl (C=O) groups is 1. The number of imidazole rings is 1. The third kappa shape index (κ3) is 2.02. The number of hydrogen-bond donors (Lipinski definition) is 0. The first-order chi connectivity index (χ1) is 6.86. The Morgan fingerprint density at radius 3 is 3.14 bits per heavy atom. The van der Waals surface area contributed by atoms with Gasteiger partial charge in [0, 0.05) is 12.4 Å². The van der Waals surface area contributed by atoms with Crippen LogP contribution in [0, 0.1) is 0 Å². The Kier molecular flexibility index (Phi) is 2.62. The third-order valence-corrected chi connectivity index (χ3v) is 2.18. The van der Waals surface area contributed by atoms with Crippen LogP contribution in [0.3, 0.4) is 0 Å². The van der Waals surface area contributed by atoms with Crippen molar-refractivity contribution in [3.05, 3.63) is 30.9 Å². The van der Waals surface area contributed by atoms with Crippen LogP contribution >= 0.6 is 0 Å². The van der Waals surface area contributed by atoms with E-state index >= 15 is 0 Å². The molecule has 0 spiro atoms. The molecule has 0 radical (unpaired) electrons. The summed E-state index contributed by atoms with van der Waals surface area (Å²) < 4.78 is 6.57. The summed E-state index contributed by atoms with van der Waals surface area (Å²) in [5, 5.41) is 0. The summed E-state index contributed by atoms with van der Waals surface area (Å²) in [6.07, 6.45) is 11.2. The normalized spacial score (nSPS) is 20.7. The van der Waals surface area contributed by atoms with E-state index in [0.717, 1.165) is 19.3 Å². The molecule has 4 heteroatoms. The summed E-state index contributed by atoms with van der Waals surface area (Å²) in [6.45, 7) is 0. The standard InChI is InChI=1S/C10H12N2O2/c13-10(12-7-6-11-8-12)14-9-4-2-1-3-5-9/h2,4,6-9H,1,3,5H2. The Morgan fingerprint density at radius 1 is 1.57 bits per heavy atom. The lowest BCUT2D eigenvalue weighted by molar-refractivity contribution is 0.114. The maximum Gasteiger partial charge on any atom is 0.419 e. The summed E-state index contributed by atoms with van der Waals surface area (Å²) in [7, 11) is 0. The van der Waals surface area contributed by atoms with Crippen molar-refractivity contribution in [2.24, 2.45) is 0 Å². The van der Waals surface area contributed by atoms with Crippen LogP contribution in [0.5, 0.6) is 0 Å². The van der Waals surface area contributed by atoms with Gasteiger partial charge in [0.05, 0.1) is 0 Å². The highest BCUT2D eigenvalue weighted by molar-refractivity contribution is 5.70. The molecule has 0 amide bonds. The number of allylic oxidation sites excluding steroid dienone is 1.